The van der Waals surface area contributed by atoms with Crippen molar-refractivity contribution < 1.29 is 36.3 Å². The third-order valence-corrected chi connectivity index (χ3v) is 8.46. The molecule has 2 rings (SSSR count). The van der Waals surface area contributed by atoms with Crippen LogP contribution in [0.1, 0.15) is 54.9 Å². The highest BCUT2D eigenvalue weighted by Gasteiger charge is 2.39. The fraction of sp³-hybridized carbons (Fsp3) is 0.500. The number of halogens is 5. The Hall–Kier alpha value is -1.97. The van der Waals surface area contributed by atoms with E-state index < -0.39 is 49.6 Å². The van der Waals surface area contributed by atoms with Crippen molar-refractivity contribution in [1.82, 2.24) is 20.3 Å². The van der Waals surface area contributed by atoms with E-state index in [9.17, 15) is 36.3 Å². The maximum Gasteiger partial charge on any atom is 0.404 e. The number of sulfonamides is 1. The Labute approximate surface area is 232 Å². The number of amides is 2. The topological polar surface area (TPSA) is 137 Å². The van der Waals surface area contributed by atoms with E-state index in [1.54, 1.807) is 0 Å². The first-order valence-electron chi connectivity index (χ1n) is 11.1. The Bertz CT molecular complexity index is 1310. The highest BCUT2D eigenvalue weighted by atomic mass is 35.5. The summed E-state index contributed by atoms with van der Waals surface area (Å²) in [5.41, 5.74) is -1.38. The fourth-order valence-corrected chi connectivity index (χ4v) is 5.95. The molecule has 1 heterocycles. The number of rotatable bonds is 10. The third-order valence-electron chi connectivity index (χ3n) is 4.79. The molecule has 0 aliphatic rings. The molecule has 212 valence electrons. The van der Waals surface area contributed by atoms with Gasteiger partial charge in [-0.3, -0.25) is 9.59 Å². The molecule has 1 atom stereocenters. The van der Waals surface area contributed by atoms with Gasteiger partial charge in [-0.1, -0.05) is 43.1 Å². The summed E-state index contributed by atoms with van der Waals surface area (Å²) in [4.78, 5) is 29.1. The average Bonchev–Trinajstić information content (AvgIpc) is 3.21. The highest BCUT2D eigenvalue weighted by Crippen LogP contribution is 2.41. The maximum absolute atomic E-state index is 12.9. The summed E-state index contributed by atoms with van der Waals surface area (Å²) in [5, 5.41) is 13.9. The van der Waals surface area contributed by atoms with Crippen LogP contribution in [0.4, 0.5) is 13.2 Å². The van der Waals surface area contributed by atoms with Crippen LogP contribution >= 0.6 is 34.5 Å². The molecular weight excluding hydrogens is 592 g/mol. The molecule has 0 radical (unpaired) electrons. The Morgan fingerprint density at radius 1 is 1.08 bits per heavy atom. The molecule has 1 unspecified atom stereocenters. The van der Waals surface area contributed by atoms with Gasteiger partial charge in [0.2, 0.25) is 10.0 Å². The van der Waals surface area contributed by atoms with Crippen molar-refractivity contribution in [2.75, 3.05) is 13.1 Å². The molecule has 16 heteroatoms. The van der Waals surface area contributed by atoms with Crippen molar-refractivity contribution in [3.05, 3.63) is 32.9 Å². The van der Waals surface area contributed by atoms with Crippen LogP contribution in [0.5, 0.6) is 0 Å². The fourth-order valence-electron chi connectivity index (χ4n) is 2.78. The molecule has 0 aliphatic carbocycles. The smallest absolute Gasteiger partial charge is 0.389 e. The Morgan fingerprint density at radius 3 is 2.21 bits per heavy atom. The molecule has 1 aromatic carbocycles. The molecule has 0 spiro atoms. The SMILES string of the molecule is CC(C)CNC(=O)c1nc(C(=O)NCC(C)(C)O)sc1-c1ccc(S(=O)(=O)NC(C)C(F)(F)F)c(Cl)c1Cl. The predicted octanol–water partition coefficient (Wildman–Crippen LogP) is 4.23. The number of nitrogens with zero attached hydrogens (tertiary/aromatic N) is 1. The van der Waals surface area contributed by atoms with Crippen molar-refractivity contribution in [1.29, 1.82) is 0 Å². The number of alkyl halides is 3. The number of nitrogens with one attached hydrogen (secondary N) is 3. The maximum atomic E-state index is 12.9. The lowest BCUT2D eigenvalue weighted by Crippen LogP contribution is -2.43. The third kappa shape index (κ3) is 8.26. The first-order valence-corrected chi connectivity index (χ1v) is 14.2. The van der Waals surface area contributed by atoms with Crippen LogP contribution in [-0.4, -0.2) is 61.2 Å². The van der Waals surface area contributed by atoms with Gasteiger partial charge in [-0.05, 0) is 32.8 Å². The number of aromatic nitrogens is 1. The highest BCUT2D eigenvalue weighted by molar-refractivity contribution is 7.89. The number of aliphatic hydroxyl groups is 1. The van der Waals surface area contributed by atoms with E-state index in [0.717, 1.165) is 23.5 Å². The number of thiazole rings is 1. The minimum atomic E-state index is -4.84. The van der Waals surface area contributed by atoms with Crippen LogP contribution in [0.2, 0.25) is 10.0 Å². The van der Waals surface area contributed by atoms with Gasteiger partial charge in [0.15, 0.2) is 5.01 Å². The molecule has 4 N–H and O–H groups in total. The minimum Gasteiger partial charge on any atom is -0.389 e. The molecule has 0 aliphatic heterocycles. The Kier molecular flexibility index (Phi) is 10.2. The molecule has 1 aromatic heterocycles. The van der Waals surface area contributed by atoms with E-state index in [2.05, 4.69) is 15.6 Å². The van der Waals surface area contributed by atoms with Crippen molar-refractivity contribution in [2.24, 2.45) is 5.92 Å². The second-order valence-electron chi connectivity index (χ2n) is 9.42. The number of carbonyl (C=O) groups excluding carboxylic acids is 2. The van der Waals surface area contributed by atoms with Gasteiger partial charge in [0.25, 0.3) is 11.8 Å². The van der Waals surface area contributed by atoms with Crippen LogP contribution in [-0.2, 0) is 10.0 Å². The van der Waals surface area contributed by atoms with Gasteiger partial charge in [0, 0.05) is 18.7 Å². The molecule has 0 fully saturated rings. The Morgan fingerprint density at radius 2 is 1.68 bits per heavy atom. The lowest BCUT2D eigenvalue weighted by molar-refractivity contribution is -0.147. The van der Waals surface area contributed by atoms with E-state index in [1.165, 1.54) is 18.6 Å². The van der Waals surface area contributed by atoms with E-state index in [4.69, 9.17) is 23.2 Å². The van der Waals surface area contributed by atoms with Crippen molar-refractivity contribution in [3.8, 4) is 10.4 Å². The predicted molar refractivity (Wildman–Crippen MR) is 139 cm³/mol. The normalized spacial score (nSPS) is 13.5. The van der Waals surface area contributed by atoms with Gasteiger partial charge >= 0.3 is 6.18 Å². The zero-order valence-electron chi connectivity index (χ0n) is 21.0. The summed E-state index contributed by atoms with van der Waals surface area (Å²) in [6.45, 7) is 7.48. The van der Waals surface area contributed by atoms with Crippen LogP contribution in [0.15, 0.2) is 17.0 Å². The largest absolute Gasteiger partial charge is 0.404 e. The monoisotopic (exact) mass is 618 g/mol. The van der Waals surface area contributed by atoms with Gasteiger partial charge in [-0.25, -0.2) is 13.4 Å². The number of carbonyl (C=O) groups is 2. The first kappa shape index (κ1) is 32.2. The standard InChI is InChI=1S/C22H27Cl2F3N4O5S2/c1-10(2)8-28-18(32)16-17(37-20(30-16)19(33)29-9-21(4,5)34)12-6-7-13(15(24)14(12)23)38(35,36)31-11(3)22(25,26)27/h6-7,10-11,31,34H,8-9H2,1-5H3,(H,28,32)(H,29,33). The molecule has 9 nitrogen and oxygen atoms in total. The van der Waals surface area contributed by atoms with Gasteiger partial charge in [-0.2, -0.15) is 17.9 Å². The zero-order valence-corrected chi connectivity index (χ0v) is 24.1. The quantitative estimate of drug-likeness (QED) is 0.314. The molecule has 2 aromatic rings. The van der Waals surface area contributed by atoms with E-state index in [-0.39, 0.29) is 45.2 Å². The minimum absolute atomic E-state index is 0.0354. The van der Waals surface area contributed by atoms with Gasteiger partial charge in [0.05, 0.1) is 20.5 Å². The van der Waals surface area contributed by atoms with Gasteiger partial charge < -0.3 is 15.7 Å². The number of hydrogen-bond acceptors (Lipinski definition) is 7. The second-order valence-corrected chi connectivity index (χ2v) is 12.9. The van der Waals surface area contributed by atoms with Crippen molar-refractivity contribution in [3.63, 3.8) is 0 Å². The lowest BCUT2D eigenvalue weighted by Gasteiger charge is -2.18. The zero-order chi connectivity index (χ0) is 29.2. The molecule has 0 saturated heterocycles. The van der Waals surface area contributed by atoms with Crippen LogP contribution < -0.4 is 15.4 Å². The van der Waals surface area contributed by atoms with Crippen LogP contribution in [0, 0.1) is 5.92 Å². The molecule has 0 saturated carbocycles. The van der Waals surface area contributed by atoms with Crippen molar-refractivity contribution in [2.45, 2.75) is 57.3 Å². The summed E-state index contributed by atoms with van der Waals surface area (Å²) >= 11 is 13.3. The van der Waals surface area contributed by atoms with Crippen LogP contribution in [0.25, 0.3) is 10.4 Å². The average molecular weight is 620 g/mol. The molecular formula is C22H27Cl2F3N4O5S2. The molecule has 38 heavy (non-hydrogen) atoms. The summed E-state index contributed by atoms with van der Waals surface area (Å²) in [7, 11) is -4.73. The van der Waals surface area contributed by atoms with Gasteiger partial charge in [0.1, 0.15) is 16.6 Å². The first-order chi connectivity index (χ1) is 17.2. The summed E-state index contributed by atoms with van der Waals surface area (Å²) in [5.74, 6) is -1.24. The summed E-state index contributed by atoms with van der Waals surface area (Å²) < 4.78 is 65.4. The number of hydrogen-bond donors (Lipinski definition) is 4. The summed E-state index contributed by atoms with van der Waals surface area (Å²) in [6.07, 6.45) is -4.84. The van der Waals surface area contributed by atoms with Crippen molar-refractivity contribution >= 4 is 56.4 Å². The molecule has 2 amide bonds. The summed E-state index contributed by atoms with van der Waals surface area (Å²) in [6, 6.07) is -0.296. The van der Waals surface area contributed by atoms with Gasteiger partial charge in [-0.15, -0.1) is 11.3 Å². The van der Waals surface area contributed by atoms with E-state index >= 15 is 0 Å². The second kappa shape index (κ2) is 12.0. The van der Waals surface area contributed by atoms with E-state index in [1.807, 2.05) is 13.8 Å². The Balaban J connectivity index is 2.57. The number of benzene rings is 1. The molecule has 0 bridgehead atoms. The lowest BCUT2D eigenvalue weighted by atomic mass is 10.1. The van der Waals surface area contributed by atoms with E-state index in [0.29, 0.717) is 6.92 Å². The van der Waals surface area contributed by atoms with Crippen LogP contribution in [0.3, 0.4) is 0 Å².